The first-order valence-electron chi connectivity index (χ1n) is 9.59. The molecule has 5 nitrogen and oxygen atoms in total. The van der Waals surface area contributed by atoms with E-state index in [-0.39, 0.29) is 10.6 Å². The van der Waals surface area contributed by atoms with Crippen LogP contribution in [-0.2, 0) is 21.3 Å². The Labute approximate surface area is 194 Å². The second-order valence-corrected chi connectivity index (χ2v) is 10.9. The highest BCUT2D eigenvalue weighted by molar-refractivity contribution is 9.10. The van der Waals surface area contributed by atoms with Gasteiger partial charge < -0.3 is 0 Å². The van der Waals surface area contributed by atoms with Gasteiger partial charge in [-0.1, -0.05) is 75.7 Å². The van der Waals surface area contributed by atoms with Crippen LogP contribution in [0.1, 0.15) is 17.0 Å². The highest BCUT2D eigenvalue weighted by atomic mass is 79.9. The van der Waals surface area contributed by atoms with Crippen LogP contribution in [0.15, 0.2) is 93.4 Å². The molecule has 0 aliphatic heterocycles. The van der Waals surface area contributed by atoms with Gasteiger partial charge in [-0.3, -0.25) is 4.57 Å². The third-order valence-electron chi connectivity index (χ3n) is 4.70. The zero-order valence-electron chi connectivity index (χ0n) is 16.8. The molecule has 0 fully saturated rings. The van der Waals surface area contributed by atoms with Crippen molar-refractivity contribution >= 4 is 37.5 Å². The van der Waals surface area contributed by atoms with Crippen molar-refractivity contribution in [1.82, 2.24) is 14.8 Å². The Hall–Kier alpha value is -2.42. The van der Waals surface area contributed by atoms with Gasteiger partial charge in [-0.15, -0.1) is 10.2 Å². The van der Waals surface area contributed by atoms with Gasteiger partial charge in [-0.25, -0.2) is 8.42 Å². The van der Waals surface area contributed by atoms with Gasteiger partial charge in [0, 0.05) is 15.9 Å². The number of aromatic nitrogens is 3. The van der Waals surface area contributed by atoms with Crippen molar-refractivity contribution in [3.05, 3.63) is 100 Å². The maximum atomic E-state index is 13.0. The van der Waals surface area contributed by atoms with Gasteiger partial charge in [0.2, 0.25) is 0 Å². The molecule has 31 heavy (non-hydrogen) atoms. The molecule has 0 radical (unpaired) electrons. The average molecular weight is 514 g/mol. The first kappa shape index (κ1) is 21.8. The van der Waals surface area contributed by atoms with Crippen LogP contribution in [0.4, 0.5) is 0 Å². The highest BCUT2D eigenvalue weighted by Crippen LogP contribution is 2.27. The molecule has 0 unspecified atom stereocenters. The zero-order chi connectivity index (χ0) is 21.8. The first-order valence-corrected chi connectivity index (χ1v) is 13.0. The fourth-order valence-corrected chi connectivity index (χ4v) is 5.49. The van der Waals surface area contributed by atoms with Crippen molar-refractivity contribution in [2.75, 3.05) is 0 Å². The molecule has 4 rings (SSSR count). The molecule has 1 heterocycles. The Morgan fingerprint density at radius 1 is 0.903 bits per heavy atom. The van der Waals surface area contributed by atoms with E-state index in [1.807, 2.05) is 66.1 Å². The first-order chi connectivity index (χ1) is 14.9. The fraction of sp³-hybridized carbons (Fsp3) is 0.130. The lowest BCUT2D eigenvalue weighted by molar-refractivity contribution is 0.593. The van der Waals surface area contributed by atoms with E-state index in [0.717, 1.165) is 21.3 Å². The average Bonchev–Trinajstić information content (AvgIpc) is 3.16. The predicted octanol–water partition coefficient (Wildman–Crippen LogP) is 5.60. The summed E-state index contributed by atoms with van der Waals surface area (Å²) in [6.45, 7) is 1.93. The van der Waals surface area contributed by atoms with Crippen molar-refractivity contribution in [1.29, 1.82) is 0 Å². The van der Waals surface area contributed by atoms with E-state index < -0.39 is 9.84 Å². The predicted molar refractivity (Wildman–Crippen MR) is 127 cm³/mol. The van der Waals surface area contributed by atoms with Crippen LogP contribution in [0, 0.1) is 6.92 Å². The zero-order valence-corrected chi connectivity index (χ0v) is 20.0. The molecule has 158 valence electrons. The maximum absolute atomic E-state index is 13.0. The van der Waals surface area contributed by atoms with Crippen molar-refractivity contribution < 1.29 is 8.42 Å². The summed E-state index contributed by atoms with van der Waals surface area (Å²) in [5.74, 6) is 0.866. The maximum Gasteiger partial charge on any atom is 0.196 e. The number of sulfone groups is 1. The van der Waals surface area contributed by atoms with Gasteiger partial charge in [0.25, 0.3) is 0 Å². The van der Waals surface area contributed by atoms with E-state index >= 15 is 0 Å². The summed E-state index contributed by atoms with van der Waals surface area (Å²) in [6.07, 6.45) is 0. The van der Waals surface area contributed by atoms with E-state index in [1.165, 1.54) is 11.8 Å². The Bertz CT molecular complexity index is 1270. The smallest absolute Gasteiger partial charge is 0.196 e. The lowest BCUT2D eigenvalue weighted by atomic mass is 10.2. The number of para-hydroxylation sites is 1. The molecule has 0 amide bonds. The van der Waals surface area contributed by atoms with Gasteiger partial charge in [0.05, 0.1) is 4.90 Å². The van der Waals surface area contributed by atoms with E-state index in [9.17, 15) is 8.42 Å². The molecule has 8 heteroatoms. The molecule has 0 atom stereocenters. The summed E-state index contributed by atoms with van der Waals surface area (Å²) < 4.78 is 28.9. The summed E-state index contributed by atoms with van der Waals surface area (Å²) >= 11 is 4.97. The van der Waals surface area contributed by atoms with Crippen LogP contribution in [0.25, 0.3) is 5.69 Å². The van der Waals surface area contributed by atoms with Gasteiger partial charge in [-0.05, 0) is 48.9 Å². The molecule has 0 spiro atoms. The summed E-state index contributed by atoms with van der Waals surface area (Å²) in [7, 11) is -3.56. The molecule has 4 aromatic rings. The van der Waals surface area contributed by atoms with Crippen LogP contribution < -0.4 is 0 Å². The fourth-order valence-electron chi connectivity index (χ4n) is 3.05. The Balaban J connectivity index is 1.66. The van der Waals surface area contributed by atoms with E-state index in [4.69, 9.17) is 0 Å². The molecular weight excluding hydrogens is 494 g/mol. The highest BCUT2D eigenvalue weighted by Gasteiger charge is 2.22. The van der Waals surface area contributed by atoms with E-state index in [1.54, 1.807) is 24.3 Å². The number of benzene rings is 3. The minimum Gasteiger partial charge on any atom is -0.273 e. The number of halogens is 1. The molecule has 0 N–H and O–H groups in total. The molecular formula is C23H20BrN3O2S2. The number of hydrogen-bond acceptors (Lipinski definition) is 5. The lowest BCUT2D eigenvalue weighted by Gasteiger charge is -2.11. The standard InChI is InChI=1S/C23H20BrN3O2S2/c1-17-7-13-21(14-8-17)31(28,29)16-22-25-26-23(27(22)20-5-3-2-4-6-20)30-15-18-9-11-19(24)12-10-18/h2-14H,15-16H2,1H3. The third kappa shape index (κ3) is 5.26. The normalized spacial score (nSPS) is 11.5. The number of nitrogens with zero attached hydrogens (tertiary/aromatic N) is 3. The van der Waals surface area contributed by atoms with Crippen LogP contribution in [0.2, 0.25) is 0 Å². The minimum absolute atomic E-state index is 0.225. The largest absolute Gasteiger partial charge is 0.273 e. The quantitative estimate of drug-likeness (QED) is 0.300. The van der Waals surface area contributed by atoms with Gasteiger partial charge in [0.1, 0.15) is 5.75 Å². The van der Waals surface area contributed by atoms with Gasteiger partial charge in [-0.2, -0.15) is 0 Å². The third-order valence-corrected chi connectivity index (χ3v) is 7.85. The number of rotatable bonds is 7. The second kappa shape index (κ2) is 9.38. The molecule has 0 saturated carbocycles. The van der Waals surface area contributed by atoms with E-state index in [2.05, 4.69) is 26.1 Å². The monoisotopic (exact) mass is 513 g/mol. The molecule has 0 aliphatic carbocycles. The van der Waals surface area contributed by atoms with E-state index in [0.29, 0.717) is 16.7 Å². The van der Waals surface area contributed by atoms with Crippen LogP contribution >= 0.6 is 27.7 Å². The molecule has 1 aromatic heterocycles. The number of aryl methyl sites for hydroxylation is 1. The summed E-state index contributed by atoms with van der Waals surface area (Å²) in [6, 6.07) is 24.6. The van der Waals surface area contributed by atoms with Crippen LogP contribution in [0.5, 0.6) is 0 Å². The molecule has 0 saturated heterocycles. The van der Waals surface area contributed by atoms with Crippen molar-refractivity contribution in [3.8, 4) is 5.69 Å². The Kier molecular flexibility index (Phi) is 6.60. The number of hydrogen-bond donors (Lipinski definition) is 0. The summed E-state index contributed by atoms with van der Waals surface area (Å²) in [5, 5.41) is 9.23. The lowest BCUT2D eigenvalue weighted by Crippen LogP contribution is -2.11. The second-order valence-electron chi connectivity index (χ2n) is 7.06. The summed E-state index contributed by atoms with van der Waals surface area (Å²) in [5.41, 5.74) is 2.99. The minimum atomic E-state index is -3.56. The summed E-state index contributed by atoms with van der Waals surface area (Å²) in [4.78, 5) is 0.282. The molecule has 3 aromatic carbocycles. The van der Waals surface area contributed by atoms with Gasteiger partial charge >= 0.3 is 0 Å². The molecule has 0 bridgehead atoms. The van der Waals surface area contributed by atoms with Crippen molar-refractivity contribution in [2.45, 2.75) is 28.5 Å². The Morgan fingerprint density at radius 3 is 2.26 bits per heavy atom. The van der Waals surface area contributed by atoms with Crippen molar-refractivity contribution in [2.24, 2.45) is 0 Å². The Morgan fingerprint density at radius 2 is 1.58 bits per heavy atom. The molecule has 0 aliphatic rings. The van der Waals surface area contributed by atoms with Crippen LogP contribution in [-0.4, -0.2) is 23.2 Å². The SMILES string of the molecule is Cc1ccc(S(=O)(=O)Cc2nnc(SCc3ccc(Br)cc3)n2-c2ccccc2)cc1. The van der Waals surface area contributed by atoms with Crippen LogP contribution in [0.3, 0.4) is 0 Å². The van der Waals surface area contributed by atoms with Gasteiger partial charge in [0.15, 0.2) is 20.8 Å². The topological polar surface area (TPSA) is 64.8 Å². The number of thioether (sulfide) groups is 1. The van der Waals surface area contributed by atoms with Crippen molar-refractivity contribution in [3.63, 3.8) is 0 Å².